The van der Waals surface area contributed by atoms with Crippen LogP contribution >= 0.6 is 0 Å². The van der Waals surface area contributed by atoms with E-state index in [2.05, 4.69) is 73.6 Å². The average Bonchev–Trinajstić information content (AvgIpc) is 3.02. The number of aromatic nitrogens is 1. The lowest BCUT2D eigenvalue weighted by molar-refractivity contribution is 0.156. The lowest BCUT2D eigenvalue weighted by Gasteiger charge is -2.29. The highest BCUT2D eigenvalue weighted by molar-refractivity contribution is 5.84. The molecule has 1 N–H and O–H groups in total. The summed E-state index contributed by atoms with van der Waals surface area (Å²) in [6.07, 6.45) is 2.11. The van der Waals surface area contributed by atoms with E-state index in [9.17, 15) is 0 Å². The van der Waals surface area contributed by atoms with Crippen LogP contribution in [0.5, 0.6) is 0 Å². The van der Waals surface area contributed by atoms with Crippen molar-refractivity contribution in [1.29, 1.82) is 0 Å². The second kappa shape index (κ2) is 7.47. The van der Waals surface area contributed by atoms with Crippen molar-refractivity contribution in [3.05, 3.63) is 71.4 Å². The molecule has 122 valence electrons. The van der Waals surface area contributed by atoms with Crippen molar-refractivity contribution in [1.82, 2.24) is 4.98 Å². The molecule has 0 amide bonds. The second-order valence-corrected chi connectivity index (χ2v) is 5.88. The molecule has 1 heterocycles. The van der Waals surface area contributed by atoms with Crippen molar-refractivity contribution in [3.8, 4) is 0 Å². The molecule has 23 heavy (non-hydrogen) atoms. The number of methoxy groups -OCH3 is 1. The average molecular weight is 309 g/mol. The van der Waals surface area contributed by atoms with Crippen molar-refractivity contribution >= 4 is 10.9 Å². The Balaban J connectivity index is 0.000000924. The van der Waals surface area contributed by atoms with E-state index >= 15 is 0 Å². The summed E-state index contributed by atoms with van der Waals surface area (Å²) >= 11 is 0. The van der Waals surface area contributed by atoms with E-state index in [1.807, 2.05) is 13.8 Å². The molecule has 1 atom stereocenters. The molecule has 0 spiro atoms. The molecule has 0 aliphatic rings. The molecule has 3 aromatic rings. The Labute approximate surface area is 139 Å². The molecule has 0 saturated heterocycles. The van der Waals surface area contributed by atoms with Gasteiger partial charge in [0, 0.05) is 29.6 Å². The van der Waals surface area contributed by atoms with Crippen LogP contribution < -0.4 is 0 Å². The summed E-state index contributed by atoms with van der Waals surface area (Å²) in [6.45, 7) is 9.01. The van der Waals surface area contributed by atoms with E-state index in [1.54, 1.807) is 7.11 Å². The highest BCUT2D eigenvalue weighted by atomic mass is 16.5. The van der Waals surface area contributed by atoms with Gasteiger partial charge in [-0.15, -0.1) is 0 Å². The third-order valence-corrected chi connectivity index (χ3v) is 4.31. The largest absolute Gasteiger partial charge is 0.383 e. The number of fused-ring (bicyclic) bond motifs is 1. The fraction of sp³-hybridized carbons (Fsp3) is 0.333. The highest BCUT2D eigenvalue weighted by Gasteiger charge is 2.31. The summed E-state index contributed by atoms with van der Waals surface area (Å²) in [4.78, 5) is 3.38. The van der Waals surface area contributed by atoms with E-state index < -0.39 is 0 Å². The van der Waals surface area contributed by atoms with E-state index in [0.717, 1.165) is 0 Å². The standard InChI is InChI=1S/C19H21NO.C2H6/c1-14-8-10-15(11-9-14)19(2,13-21-3)17-12-20-18-7-5-4-6-16(17)18;1-2/h4-12,20H,13H2,1-3H3;1-2H3. The van der Waals surface area contributed by atoms with Crippen molar-refractivity contribution in [2.75, 3.05) is 13.7 Å². The van der Waals surface area contributed by atoms with Crippen LogP contribution in [-0.2, 0) is 10.2 Å². The number of benzene rings is 2. The molecular formula is C21H27NO. The van der Waals surface area contributed by atoms with Crippen LogP contribution in [0.2, 0.25) is 0 Å². The van der Waals surface area contributed by atoms with Crippen LogP contribution in [0.15, 0.2) is 54.7 Å². The fourth-order valence-electron chi connectivity index (χ4n) is 3.05. The van der Waals surface area contributed by atoms with E-state index in [1.165, 1.54) is 27.6 Å². The number of para-hydroxylation sites is 1. The molecule has 1 aromatic heterocycles. The van der Waals surface area contributed by atoms with Gasteiger partial charge in [-0.2, -0.15) is 0 Å². The van der Waals surface area contributed by atoms with Crippen LogP contribution in [-0.4, -0.2) is 18.7 Å². The molecule has 2 heteroatoms. The number of nitrogens with one attached hydrogen (secondary N) is 1. The maximum Gasteiger partial charge on any atom is 0.0598 e. The Hall–Kier alpha value is -2.06. The molecule has 0 aliphatic heterocycles. The monoisotopic (exact) mass is 309 g/mol. The Morgan fingerprint density at radius 2 is 1.65 bits per heavy atom. The molecule has 0 radical (unpaired) electrons. The lowest BCUT2D eigenvalue weighted by Crippen LogP contribution is -2.29. The van der Waals surface area contributed by atoms with Gasteiger partial charge >= 0.3 is 0 Å². The predicted molar refractivity (Wildman–Crippen MR) is 99.2 cm³/mol. The van der Waals surface area contributed by atoms with Gasteiger partial charge in [0.15, 0.2) is 0 Å². The number of aryl methyl sites for hydroxylation is 1. The van der Waals surface area contributed by atoms with Crippen molar-refractivity contribution in [3.63, 3.8) is 0 Å². The Morgan fingerprint density at radius 1 is 1.00 bits per heavy atom. The number of H-pyrrole nitrogens is 1. The van der Waals surface area contributed by atoms with Crippen LogP contribution in [0.25, 0.3) is 10.9 Å². The molecular weight excluding hydrogens is 282 g/mol. The summed E-state index contributed by atoms with van der Waals surface area (Å²) in [5, 5.41) is 1.26. The summed E-state index contributed by atoms with van der Waals surface area (Å²) in [7, 11) is 1.77. The van der Waals surface area contributed by atoms with Gasteiger partial charge in [-0.3, -0.25) is 0 Å². The first-order valence-corrected chi connectivity index (χ1v) is 8.28. The lowest BCUT2D eigenvalue weighted by atomic mass is 9.76. The molecule has 3 rings (SSSR count). The van der Waals surface area contributed by atoms with Gasteiger partial charge in [0.2, 0.25) is 0 Å². The zero-order chi connectivity index (χ0) is 16.9. The molecule has 1 unspecified atom stereocenters. The van der Waals surface area contributed by atoms with Crippen molar-refractivity contribution < 1.29 is 4.74 Å². The molecule has 2 aromatic carbocycles. The number of rotatable bonds is 4. The summed E-state index contributed by atoms with van der Waals surface area (Å²) in [5.74, 6) is 0. The molecule has 0 bridgehead atoms. The number of ether oxygens (including phenoxy) is 1. The van der Waals surface area contributed by atoms with Crippen LogP contribution in [0.3, 0.4) is 0 Å². The number of hydrogen-bond acceptors (Lipinski definition) is 1. The van der Waals surface area contributed by atoms with Gasteiger partial charge in [0.25, 0.3) is 0 Å². The van der Waals surface area contributed by atoms with Crippen LogP contribution in [0, 0.1) is 6.92 Å². The minimum Gasteiger partial charge on any atom is -0.383 e. The molecule has 0 saturated carbocycles. The quantitative estimate of drug-likeness (QED) is 0.680. The van der Waals surface area contributed by atoms with Gasteiger partial charge in [-0.25, -0.2) is 0 Å². The smallest absolute Gasteiger partial charge is 0.0598 e. The maximum atomic E-state index is 5.55. The summed E-state index contributed by atoms with van der Waals surface area (Å²) in [5.41, 5.74) is 4.84. The minimum absolute atomic E-state index is 0.165. The van der Waals surface area contributed by atoms with E-state index in [-0.39, 0.29) is 5.41 Å². The maximum absolute atomic E-state index is 5.55. The fourth-order valence-corrected chi connectivity index (χ4v) is 3.05. The second-order valence-electron chi connectivity index (χ2n) is 5.88. The first kappa shape index (κ1) is 17.3. The normalized spacial score (nSPS) is 13.3. The molecule has 0 aliphatic carbocycles. The molecule has 2 nitrogen and oxygen atoms in total. The number of aromatic amines is 1. The minimum atomic E-state index is -0.165. The third kappa shape index (κ3) is 3.32. The SMILES string of the molecule is CC.COCC(C)(c1ccc(C)cc1)c1c[nH]c2ccccc12. The summed E-state index contributed by atoms with van der Waals surface area (Å²) < 4.78 is 5.55. The Bertz CT molecular complexity index is 742. The first-order valence-electron chi connectivity index (χ1n) is 8.28. The van der Waals surface area contributed by atoms with Gasteiger partial charge in [0.05, 0.1) is 6.61 Å². The van der Waals surface area contributed by atoms with Gasteiger partial charge in [0.1, 0.15) is 0 Å². The summed E-state index contributed by atoms with van der Waals surface area (Å²) in [6, 6.07) is 17.2. The van der Waals surface area contributed by atoms with E-state index in [0.29, 0.717) is 6.61 Å². The van der Waals surface area contributed by atoms with Crippen LogP contribution in [0.4, 0.5) is 0 Å². The predicted octanol–water partition coefficient (Wildman–Crippen LogP) is 5.45. The molecule has 0 fully saturated rings. The van der Waals surface area contributed by atoms with Gasteiger partial charge in [-0.05, 0) is 31.0 Å². The highest BCUT2D eigenvalue weighted by Crippen LogP contribution is 2.36. The van der Waals surface area contributed by atoms with Crippen LogP contribution in [0.1, 0.15) is 37.5 Å². The third-order valence-electron chi connectivity index (χ3n) is 4.31. The van der Waals surface area contributed by atoms with Gasteiger partial charge in [-0.1, -0.05) is 61.9 Å². The topological polar surface area (TPSA) is 25.0 Å². The first-order chi connectivity index (χ1) is 11.1. The zero-order valence-corrected chi connectivity index (χ0v) is 14.8. The van der Waals surface area contributed by atoms with Crippen molar-refractivity contribution in [2.24, 2.45) is 0 Å². The zero-order valence-electron chi connectivity index (χ0n) is 14.8. The Morgan fingerprint density at radius 3 is 2.30 bits per heavy atom. The number of hydrogen-bond donors (Lipinski definition) is 1. The van der Waals surface area contributed by atoms with Crippen molar-refractivity contribution in [2.45, 2.75) is 33.1 Å². The van der Waals surface area contributed by atoms with E-state index in [4.69, 9.17) is 4.74 Å². The van der Waals surface area contributed by atoms with Gasteiger partial charge < -0.3 is 9.72 Å². The Kier molecular flexibility index (Phi) is 5.62.